The molecule has 2 rings (SSSR count). The van der Waals surface area contributed by atoms with Crippen molar-refractivity contribution in [2.24, 2.45) is 0 Å². The molecule has 6 nitrogen and oxygen atoms in total. The summed E-state index contributed by atoms with van der Waals surface area (Å²) in [6, 6.07) is 3.19. The fourth-order valence-corrected chi connectivity index (χ4v) is 4.43. The standard InChI is InChI=1S/C15H25N3O3S/c1-4-13-12-17(3)9-6-10-18(13)22(19,20)14-7-8-15(16-11-14)21-5-2/h7-8,11,13H,4-6,9-10,12H2,1-3H3/t13-/m0/s1. The van der Waals surface area contributed by atoms with Crippen LogP contribution >= 0.6 is 0 Å². The van der Waals surface area contributed by atoms with E-state index < -0.39 is 10.0 Å². The largest absolute Gasteiger partial charge is 0.478 e. The van der Waals surface area contributed by atoms with Gasteiger partial charge in [0.15, 0.2) is 0 Å². The molecule has 0 radical (unpaired) electrons. The molecule has 1 fully saturated rings. The van der Waals surface area contributed by atoms with E-state index in [9.17, 15) is 8.42 Å². The van der Waals surface area contributed by atoms with Crippen LogP contribution in [0.15, 0.2) is 23.2 Å². The molecule has 0 spiro atoms. The maximum absolute atomic E-state index is 12.9. The minimum Gasteiger partial charge on any atom is -0.478 e. The summed E-state index contributed by atoms with van der Waals surface area (Å²) in [5.74, 6) is 0.448. The average Bonchev–Trinajstić information content (AvgIpc) is 2.69. The van der Waals surface area contributed by atoms with Crippen molar-refractivity contribution in [3.63, 3.8) is 0 Å². The Labute approximate surface area is 133 Å². The van der Waals surface area contributed by atoms with E-state index in [1.807, 2.05) is 20.9 Å². The van der Waals surface area contributed by atoms with Crippen molar-refractivity contribution < 1.29 is 13.2 Å². The lowest BCUT2D eigenvalue weighted by atomic mass is 10.2. The van der Waals surface area contributed by atoms with Gasteiger partial charge >= 0.3 is 0 Å². The molecule has 0 aliphatic carbocycles. The van der Waals surface area contributed by atoms with Gasteiger partial charge in [0.2, 0.25) is 15.9 Å². The van der Waals surface area contributed by atoms with E-state index in [1.165, 1.54) is 6.20 Å². The van der Waals surface area contributed by atoms with Gasteiger partial charge in [-0.1, -0.05) is 6.92 Å². The Morgan fingerprint density at radius 1 is 1.32 bits per heavy atom. The smallest absolute Gasteiger partial charge is 0.244 e. The van der Waals surface area contributed by atoms with Gasteiger partial charge in [-0.2, -0.15) is 4.31 Å². The second kappa shape index (κ2) is 7.39. The number of pyridine rings is 1. The maximum Gasteiger partial charge on any atom is 0.244 e. The molecule has 1 aliphatic rings. The third-order valence-corrected chi connectivity index (χ3v) is 5.86. The van der Waals surface area contributed by atoms with Gasteiger partial charge in [0.05, 0.1) is 12.8 Å². The van der Waals surface area contributed by atoms with Gasteiger partial charge in [-0.05, 0) is 39.4 Å². The van der Waals surface area contributed by atoms with E-state index in [1.54, 1.807) is 16.4 Å². The highest BCUT2D eigenvalue weighted by atomic mass is 32.2. The van der Waals surface area contributed by atoms with Crippen molar-refractivity contribution in [3.05, 3.63) is 18.3 Å². The third kappa shape index (κ3) is 3.77. The van der Waals surface area contributed by atoms with Crippen molar-refractivity contribution in [1.29, 1.82) is 0 Å². The number of nitrogens with zero attached hydrogens (tertiary/aromatic N) is 3. The van der Waals surface area contributed by atoms with Crippen LogP contribution in [0.2, 0.25) is 0 Å². The molecule has 1 aromatic rings. The third-order valence-electron chi connectivity index (χ3n) is 3.93. The van der Waals surface area contributed by atoms with Crippen LogP contribution < -0.4 is 4.74 Å². The maximum atomic E-state index is 12.9. The van der Waals surface area contributed by atoms with Gasteiger partial charge in [-0.15, -0.1) is 0 Å². The van der Waals surface area contributed by atoms with Gasteiger partial charge in [0.25, 0.3) is 0 Å². The molecule has 0 saturated carbocycles. The highest BCUT2D eigenvalue weighted by Crippen LogP contribution is 2.23. The molecule has 1 aromatic heterocycles. The van der Waals surface area contributed by atoms with Crippen LogP contribution in [0.4, 0.5) is 0 Å². The van der Waals surface area contributed by atoms with Crippen LogP contribution in [0, 0.1) is 0 Å². The minimum atomic E-state index is -3.51. The molecule has 1 saturated heterocycles. The highest BCUT2D eigenvalue weighted by molar-refractivity contribution is 7.89. The topological polar surface area (TPSA) is 62.7 Å². The first-order valence-corrected chi connectivity index (χ1v) is 9.22. The van der Waals surface area contributed by atoms with Gasteiger partial charge in [0.1, 0.15) is 4.90 Å². The first-order chi connectivity index (χ1) is 10.5. The summed E-state index contributed by atoms with van der Waals surface area (Å²) in [5, 5.41) is 0. The molecule has 124 valence electrons. The normalized spacial score (nSPS) is 21.5. The lowest BCUT2D eigenvalue weighted by Crippen LogP contribution is -2.43. The molecule has 0 N–H and O–H groups in total. The van der Waals surface area contributed by atoms with Gasteiger partial charge in [-0.3, -0.25) is 0 Å². The summed E-state index contributed by atoms with van der Waals surface area (Å²) in [6.07, 6.45) is 3.03. The predicted octanol–water partition coefficient (Wildman–Crippen LogP) is 1.59. The summed E-state index contributed by atoms with van der Waals surface area (Å²) in [4.78, 5) is 6.51. The molecule has 7 heteroatoms. The monoisotopic (exact) mass is 327 g/mol. The van der Waals surface area contributed by atoms with Gasteiger partial charge in [0, 0.05) is 25.2 Å². The number of aromatic nitrogens is 1. The zero-order chi connectivity index (χ0) is 16.2. The Kier molecular flexibility index (Phi) is 5.77. The van der Waals surface area contributed by atoms with Crippen molar-refractivity contribution in [2.75, 3.05) is 33.3 Å². The van der Waals surface area contributed by atoms with E-state index in [2.05, 4.69) is 9.88 Å². The molecular formula is C15H25N3O3S. The SMILES string of the molecule is CCOc1ccc(S(=O)(=O)N2CCCN(C)C[C@@H]2CC)cn1. The molecule has 1 atom stereocenters. The summed E-state index contributed by atoms with van der Waals surface area (Å²) in [6.45, 7) is 6.65. The zero-order valence-electron chi connectivity index (χ0n) is 13.5. The first-order valence-electron chi connectivity index (χ1n) is 7.78. The van der Waals surface area contributed by atoms with Crippen LogP contribution in [-0.2, 0) is 10.0 Å². The Bertz CT molecular complexity index is 574. The lowest BCUT2D eigenvalue weighted by molar-refractivity contribution is 0.270. The fraction of sp³-hybridized carbons (Fsp3) is 0.667. The molecule has 0 amide bonds. The molecule has 1 aliphatic heterocycles. The Morgan fingerprint density at radius 2 is 2.09 bits per heavy atom. The Hall–Kier alpha value is -1.18. The van der Waals surface area contributed by atoms with Crippen molar-refractivity contribution in [2.45, 2.75) is 37.6 Å². The number of hydrogen-bond acceptors (Lipinski definition) is 5. The van der Waals surface area contributed by atoms with Crippen LogP contribution in [-0.4, -0.2) is 61.9 Å². The minimum absolute atomic E-state index is 0.00377. The number of rotatable bonds is 5. The number of sulfonamides is 1. The Balaban J connectivity index is 2.27. The number of ether oxygens (including phenoxy) is 1. The summed E-state index contributed by atoms with van der Waals surface area (Å²) in [5.41, 5.74) is 0. The number of likely N-dealkylation sites (N-methyl/N-ethyl adjacent to an activating group) is 1. The van der Waals surface area contributed by atoms with Crippen molar-refractivity contribution in [3.8, 4) is 5.88 Å². The van der Waals surface area contributed by atoms with Crippen LogP contribution in [0.3, 0.4) is 0 Å². The van der Waals surface area contributed by atoms with Gasteiger partial charge in [-0.25, -0.2) is 13.4 Å². The summed E-state index contributed by atoms with van der Waals surface area (Å²) in [7, 11) is -1.47. The van der Waals surface area contributed by atoms with E-state index in [0.717, 1.165) is 25.9 Å². The summed E-state index contributed by atoms with van der Waals surface area (Å²) >= 11 is 0. The van der Waals surface area contributed by atoms with E-state index in [4.69, 9.17) is 4.74 Å². The molecular weight excluding hydrogens is 302 g/mol. The van der Waals surface area contributed by atoms with E-state index in [-0.39, 0.29) is 10.9 Å². The van der Waals surface area contributed by atoms with Crippen LogP contribution in [0.25, 0.3) is 0 Å². The molecule has 0 aromatic carbocycles. The molecule has 2 heterocycles. The fourth-order valence-electron chi connectivity index (χ4n) is 2.76. The first kappa shape index (κ1) is 17.2. The van der Waals surface area contributed by atoms with Crippen molar-refractivity contribution in [1.82, 2.24) is 14.2 Å². The quantitative estimate of drug-likeness (QED) is 0.822. The van der Waals surface area contributed by atoms with E-state index >= 15 is 0 Å². The van der Waals surface area contributed by atoms with E-state index in [0.29, 0.717) is 19.0 Å². The van der Waals surface area contributed by atoms with Crippen LogP contribution in [0.1, 0.15) is 26.7 Å². The van der Waals surface area contributed by atoms with Crippen molar-refractivity contribution >= 4 is 10.0 Å². The average molecular weight is 327 g/mol. The predicted molar refractivity (Wildman–Crippen MR) is 85.5 cm³/mol. The molecule has 22 heavy (non-hydrogen) atoms. The summed E-state index contributed by atoms with van der Waals surface area (Å²) < 4.78 is 32.7. The highest BCUT2D eigenvalue weighted by Gasteiger charge is 2.32. The molecule has 0 unspecified atom stereocenters. The Morgan fingerprint density at radius 3 is 2.68 bits per heavy atom. The second-order valence-electron chi connectivity index (χ2n) is 5.56. The number of hydrogen-bond donors (Lipinski definition) is 0. The van der Waals surface area contributed by atoms with Gasteiger partial charge < -0.3 is 9.64 Å². The second-order valence-corrected chi connectivity index (χ2v) is 7.45. The lowest BCUT2D eigenvalue weighted by Gasteiger charge is -2.29. The van der Waals surface area contributed by atoms with Crippen LogP contribution in [0.5, 0.6) is 5.88 Å². The molecule has 0 bridgehead atoms. The zero-order valence-corrected chi connectivity index (χ0v) is 14.3.